The summed E-state index contributed by atoms with van der Waals surface area (Å²) in [7, 11) is 0. The molecule has 10 rings (SSSR count). The molecule has 0 saturated carbocycles. The summed E-state index contributed by atoms with van der Waals surface area (Å²) < 4.78 is 99.6. The van der Waals surface area contributed by atoms with Crippen LogP contribution in [0.1, 0.15) is 284 Å². The van der Waals surface area contributed by atoms with E-state index in [-0.39, 0.29) is 52.2 Å². The molecule has 0 radical (unpaired) electrons. The summed E-state index contributed by atoms with van der Waals surface area (Å²) in [6.07, 6.45) is -0.340. The van der Waals surface area contributed by atoms with Crippen LogP contribution in [0.5, 0.6) is 0 Å². The minimum Gasteiger partial charge on any atom is -0.459 e. The SMILES string of the molecule is CC(C)CCCC(C)CCCC(C)CCCC(C)CCOCC(CO[C@@H]1OC(COC(=O)c2ccccc2)[C@@H](O[C@@H]2OC(CO[C@@H]3OC(C)[C@H](OC(=O)c4ccccc4)C(OC(=O)c4ccccc4)[C@@H]3OC(=O)c3ccccc3)[C@H](O)C(OC(=O)c3ccccc3)[C@@H]2OC(=O)c2ccccc2)C(C)[C@@H]1OC(=O)c1ccccc1)OCCC(C)CCCC(C)CCCC(C)CCCC(C)C. The molecule has 3 fully saturated rings. The third-order valence-corrected chi connectivity index (χ3v) is 25.9. The lowest BCUT2D eigenvalue weighted by Gasteiger charge is -2.49. The maximum Gasteiger partial charge on any atom is 0.338 e. The molecule has 7 aromatic carbocycles. The van der Waals surface area contributed by atoms with Crippen LogP contribution in [0.25, 0.3) is 0 Å². The largest absolute Gasteiger partial charge is 0.459 e. The van der Waals surface area contributed by atoms with E-state index >= 15 is 0 Å². The van der Waals surface area contributed by atoms with Crippen LogP contribution in [0.15, 0.2) is 212 Å². The van der Waals surface area contributed by atoms with Gasteiger partial charge in [0.25, 0.3) is 0 Å². The highest BCUT2D eigenvalue weighted by molar-refractivity contribution is 5.93. The van der Waals surface area contributed by atoms with Crippen molar-refractivity contribution in [1.29, 1.82) is 0 Å². The van der Waals surface area contributed by atoms with Gasteiger partial charge in [-0.25, -0.2) is 33.6 Å². The van der Waals surface area contributed by atoms with Crippen molar-refractivity contribution in [1.82, 2.24) is 0 Å². The van der Waals surface area contributed by atoms with Crippen molar-refractivity contribution in [3.8, 4) is 0 Å². The maximum absolute atomic E-state index is 14.9. The molecule has 0 bridgehead atoms. The van der Waals surface area contributed by atoms with Crippen molar-refractivity contribution in [2.24, 2.45) is 53.3 Å². The van der Waals surface area contributed by atoms with Crippen LogP contribution in [0, 0.1) is 53.3 Å². The van der Waals surface area contributed by atoms with Crippen molar-refractivity contribution in [2.45, 2.75) is 304 Å². The highest BCUT2D eigenvalue weighted by atomic mass is 16.8. The summed E-state index contributed by atoms with van der Waals surface area (Å²) in [5, 5.41) is 13.2. The average molecular weight is 1850 g/mol. The second-order valence-corrected chi connectivity index (χ2v) is 38.4. The monoisotopic (exact) mass is 1850 g/mol. The summed E-state index contributed by atoms with van der Waals surface area (Å²) in [5.74, 6) is -2.19. The van der Waals surface area contributed by atoms with Gasteiger partial charge in [-0.15, -0.1) is 0 Å². The highest BCUT2D eigenvalue weighted by Gasteiger charge is 2.57. The predicted octanol–water partition coefficient (Wildman–Crippen LogP) is 22.1. The smallest absolute Gasteiger partial charge is 0.338 e. The zero-order valence-electron chi connectivity index (χ0n) is 80.9. The minimum absolute atomic E-state index is 0.0291. The van der Waals surface area contributed by atoms with E-state index in [4.69, 9.17) is 71.1 Å². The number of hydrogen-bond acceptors (Lipinski definition) is 23. The van der Waals surface area contributed by atoms with E-state index in [1.165, 1.54) is 151 Å². The first-order valence-electron chi connectivity index (χ1n) is 49.3. The van der Waals surface area contributed by atoms with Gasteiger partial charge < -0.3 is 76.2 Å². The first-order chi connectivity index (χ1) is 64.7. The van der Waals surface area contributed by atoms with Crippen LogP contribution < -0.4 is 0 Å². The number of aliphatic hydroxyl groups excluding tert-OH is 1. The molecule has 22 atom stereocenters. The van der Waals surface area contributed by atoms with Gasteiger partial charge in [0, 0.05) is 19.1 Å². The Morgan fingerprint density at radius 3 is 0.985 bits per heavy atom. The topological polar surface area (TPSA) is 278 Å². The number of aliphatic hydroxyl groups is 1. The van der Waals surface area contributed by atoms with E-state index in [9.17, 15) is 38.7 Å². The van der Waals surface area contributed by atoms with E-state index in [0.717, 1.165) is 68.6 Å². The lowest BCUT2D eigenvalue weighted by molar-refractivity contribution is -0.358. The fourth-order valence-electron chi connectivity index (χ4n) is 17.6. The normalized spacial score (nSPS) is 23.4. The number of esters is 7. The van der Waals surface area contributed by atoms with Crippen LogP contribution in [0.3, 0.4) is 0 Å². The van der Waals surface area contributed by atoms with Crippen molar-refractivity contribution >= 4 is 41.8 Å². The molecule has 0 aliphatic carbocycles. The molecule has 3 saturated heterocycles. The Labute approximate surface area is 795 Å². The maximum atomic E-state index is 14.9. The molecule has 134 heavy (non-hydrogen) atoms. The van der Waals surface area contributed by atoms with E-state index in [0.29, 0.717) is 36.9 Å². The Bertz CT molecular complexity index is 4530. The van der Waals surface area contributed by atoms with Crippen LogP contribution in [0.2, 0.25) is 0 Å². The summed E-state index contributed by atoms with van der Waals surface area (Å²) in [6.45, 7) is 26.1. The summed E-state index contributed by atoms with van der Waals surface area (Å²) in [4.78, 5) is 102. The van der Waals surface area contributed by atoms with Gasteiger partial charge in [0.2, 0.25) is 0 Å². The Hall–Kier alpha value is -9.53. The Kier molecular flexibility index (Phi) is 45.2. The molecular weight excluding hydrogens is 1700 g/mol. The third kappa shape index (κ3) is 35.2. The zero-order valence-corrected chi connectivity index (χ0v) is 80.9. The van der Waals surface area contributed by atoms with Crippen LogP contribution in [-0.2, 0) is 71.1 Å². The molecule has 3 aliphatic heterocycles. The van der Waals surface area contributed by atoms with Crippen molar-refractivity contribution in [3.05, 3.63) is 251 Å². The summed E-state index contributed by atoms with van der Waals surface area (Å²) in [5.41, 5.74) is 0.737. The molecule has 7 aromatic rings. The predicted molar refractivity (Wildman–Crippen MR) is 512 cm³/mol. The molecule has 0 aromatic heterocycles. The number of benzene rings is 7. The Morgan fingerprint density at radius 1 is 0.299 bits per heavy atom. The summed E-state index contributed by atoms with van der Waals surface area (Å²) in [6, 6.07) is 56.4. The molecule has 3 aliphatic rings. The van der Waals surface area contributed by atoms with Crippen LogP contribution in [0.4, 0.5) is 0 Å². The number of carbonyl (C=O) groups excluding carboxylic acids is 7. The van der Waals surface area contributed by atoms with E-state index in [1.54, 1.807) is 159 Å². The van der Waals surface area contributed by atoms with Crippen molar-refractivity contribution in [2.75, 3.05) is 39.6 Å². The van der Waals surface area contributed by atoms with Gasteiger partial charge in [0.05, 0.1) is 71.0 Å². The lowest BCUT2D eigenvalue weighted by Crippen LogP contribution is -2.65. The second-order valence-electron chi connectivity index (χ2n) is 38.4. The van der Waals surface area contributed by atoms with Crippen LogP contribution >= 0.6 is 0 Å². The molecular formula is C111H148O23. The highest BCUT2D eigenvalue weighted by Crippen LogP contribution is 2.40. The fraction of sp³-hybridized carbons (Fsp3) is 0.559. The molecule has 23 nitrogen and oxygen atoms in total. The van der Waals surface area contributed by atoms with E-state index in [1.807, 2.05) is 0 Å². The minimum atomic E-state index is -2.03. The number of ether oxygens (including phenoxy) is 15. The fourth-order valence-corrected chi connectivity index (χ4v) is 17.6. The van der Waals surface area contributed by atoms with Gasteiger partial charge in [0.1, 0.15) is 31.0 Å². The first-order valence-corrected chi connectivity index (χ1v) is 49.3. The molecule has 1 N–H and O–H groups in total. The third-order valence-electron chi connectivity index (χ3n) is 25.9. The van der Waals surface area contributed by atoms with E-state index in [2.05, 4.69) is 69.2 Å². The number of rotatable bonds is 56. The molecule has 0 amide bonds. The molecule has 0 spiro atoms. The molecule has 3 heterocycles. The second kappa shape index (κ2) is 56.9. The van der Waals surface area contributed by atoms with Crippen LogP contribution in [-0.4, -0.2) is 179 Å². The van der Waals surface area contributed by atoms with Crippen molar-refractivity contribution < 1.29 is 110 Å². The van der Waals surface area contributed by atoms with Gasteiger partial charge in [0.15, 0.2) is 55.5 Å². The Balaban J connectivity index is 0.961. The average Bonchev–Trinajstić information content (AvgIpc) is 0.778. The zero-order chi connectivity index (χ0) is 95.7. The standard InChI is InChI=1S/C111H148O23/c1-74(2)40-34-42-76(5)44-36-46-78(7)48-38-50-80(9)66-68-120-70-91(121-69-67-81(10)51-39-49-79(8)47-37-45-77(6)43-35-41-75(3)4)71-123-109-96(128-103(114)85-54-22-14-23-55-85)82(11)95(93(127-109)73-122-102(113)84-52-20-13-21-53-84)134-111-100(132-107(118)89-62-30-18-31-63-89)98(130-105(116)87-58-26-16-27-59-87)94(112)92(126-111)72-124-110-101(133-108(119)90-64-32-19-33-65-90)99(131-106(117)88-60-28-17-29-61-88)97(83(12)125-110)129-104(115)86-56-24-15-25-57-86/h13-33,52-65,74-83,91-101,109-112H,34-51,66-73H2,1-12H3/t76?,77?,78?,79?,80?,81?,82?,83?,91?,92?,93?,94-,95-,96-,97-,98?,99?,100-,101-,109+,110+,111-/m0/s1. The van der Waals surface area contributed by atoms with Gasteiger partial charge in [-0.3, -0.25) is 0 Å². The number of hydrogen-bond donors (Lipinski definition) is 1. The lowest BCUT2D eigenvalue weighted by atomic mass is 9.89. The number of carbonyl (C=O) groups is 7. The molecule has 23 heteroatoms. The first kappa shape index (κ1) is 107. The Morgan fingerprint density at radius 2 is 0.604 bits per heavy atom. The quantitative estimate of drug-likeness (QED) is 0.0211. The van der Waals surface area contributed by atoms with Gasteiger partial charge >= 0.3 is 41.8 Å². The van der Waals surface area contributed by atoms with Gasteiger partial charge in [-0.1, -0.05) is 319 Å². The van der Waals surface area contributed by atoms with Crippen molar-refractivity contribution in [3.63, 3.8) is 0 Å². The summed E-state index contributed by atoms with van der Waals surface area (Å²) >= 11 is 0. The van der Waals surface area contributed by atoms with E-state index < -0.39 is 153 Å². The van der Waals surface area contributed by atoms with Gasteiger partial charge in [-0.05, 0) is 152 Å². The van der Waals surface area contributed by atoms with Gasteiger partial charge in [-0.2, -0.15) is 0 Å². The molecule has 13 unspecified atom stereocenters. The molecule has 730 valence electrons.